The van der Waals surface area contributed by atoms with E-state index in [-0.39, 0.29) is 5.48 Å². The van der Waals surface area contributed by atoms with Gasteiger partial charge in [0.2, 0.25) is 0 Å². The summed E-state index contributed by atoms with van der Waals surface area (Å²) < 4.78 is 0. The first-order valence-corrected chi connectivity index (χ1v) is 6.61. The number of aryl methyl sites for hydroxylation is 1. The second kappa shape index (κ2) is 10.2. The quantitative estimate of drug-likeness (QED) is 0.687. The highest BCUT2D eigenvalue weighted by atomic mass is 16.3. The van der Waals surface area contributed by atoms with Gasteiger partial charge in [-0.25, -0.2) is 0 Å². The number of hydrogen-bond acceptors (Lipinski definition) is 1. The van der Waals surface area contributed by atoms with Crippen molar-refractivity contribution in [2.75, 3.05) is 0 Å². The zero-order valence-electron chi connectivity index (χ0n) is 10.9. The molecule has 3 N–H and O–H groups in total. The van der Waals surface area contributed by atoms with Gasteiger partial charge in [0, 0.05) is 0 Å². The fraction of sp³-hybridized carbons (Fsp3) is 0.600. The van der Waals surface area contributed by atoms with E-state index in [0.29, 0.717) is 5.75 Å². The molecule has 2 heteroatoms. The van der Waals surface area contributed by atoms with E-state index in [9.17, 15) is 0 Å². The molecule has 98 valence electrons. The highest BCUT2D eigenvalue weighted by molar-refractivity contribution is 5.25. The number of benzene rings is 1. The van der Waals surface area contributed by atoms with Crippen LogP contribution in [0.2, 0.25) is 0 Å². The average Bonchev–Trinajstić information content (AvgIpc) is 2.30. The minimum Gasteiger partial charge on any atom is -0.508 e. The Kier molecular flexibility index (Phi) is 9.55. The van der Waals surface area contributed by atoms with Crippen molar-refractivity contribution < 1.29 is 10.6 Å². The van der Waals surface area contributed by atoms with Crippen LogP contribution in [-0.2, 0) is 6.42 Å². The molecular weight excluding hydrogens is 212 g/mol. The zero-order valence-corrected chi connectivity index (χ0v) is 10.9. The van der Waals surface area contributed by atoms with E-state index in [4.69, 9.17) is 5.11 Å². The highest BCUT2D eigenvalue weighted by Crippen LogP contribution is 2.13. The van der Waals surface area contributed by atoms with Crippen LogP contribution in [-0.4, -0.2) is 10.6 Å². The Labute approximate surface area is 105 Å². The predicted octanol–water partition coefficient (Wildman–Crippen LogP) is 3.86. The molecule has 0 atom stereocenters. The van der Waals surface area contributed by atoms with Gasteiger partial charge >= 0.3 is 0 Å². The minimum absolute atomic E-state index is 0. The summed E-state index contributed by atoms with van der Waals surface area (Å²) in [5.41, 5.74) is 1.34. The van der Waals surface area contributed by atoms with Crippen LogP contribution in [0.5, 0.6) is 5.75 Å². The molecule has 0 aliphatic carbocycles. The van der Waals surface area contributed by atoms with Crippen molar-refractivity contribution in [1.29, 1.82) is 0 Å². The molecule has 2 nitrogen and oxygen atoms in total. The first kappa shape index (κ1) is 16.0. The van der Waals surface area contributed by atoms with Gasteiger partial charge in [0.05, 0.1) is 0 Å². The Morgan fingerprint density at radius 2 is 1.35 bits per heavy atom. The highest BCUT2D eigenvalue weighted by Gasteiger charge is 1.94. The second-order valence-corrected chi connectivity index (χ2v) is 4.54. The van der Waals surface area contributed by atoms with Gasteiger partial charge in [-0.1, -0.05) is 57.6 Å². The van der Waals surface area contributed by atoms with E-state index in [1.165, 1.54) is 50.5 Å². The second-order valence-electron chi connectivity index (χ2n) is 4.54. The van der Waals surface area contributed by atoms with Crippen LogP contribution >= 0.6 is 0 Å². The largest absolute Gasteiger partial charge is 0.508 e. The third kappa shape index (κ3) is 7.81. The van der Waals surface area contributed by atoms with Crippen LogP contribution in [0.3, 0.4) is 0 Å². The van der Waals surface area contributed by atoms with Gasteiger partial charge < -0.3 is 10.6 Å². The third-order valence-corrected chi connectivity index (χ3v) is 3.01. The summed E-state index contributed by atoms with van der Waals surface area (Å²) in [5.74, 6) is 0.364. The van der Waals surface area contributed by atoms with E-state index in [1.807, 2.05) is 12.1 Å². The fourth-order valence-corrected chi connectivity index (χ4v) is 1.95. The van der Waals surface area contributed by atoms with Crippen molar-refractivity contribution in [2.24, 2.45) is 0 Å². The first-order valence-electron chi connectivity index (χ1n) is 6.61. The Morgan fingerprint density at radius 3 is 1.94 bits per heavy atom. The van der Waals surface area contributed by atoms with Crippen molar-refractivity contribution >= 4 is 0 Å². The molecule has 1 rings (SSSR count). The Hall–Kier alpha value is -1.02. The van der Waals surface area contributed by atoms with E-state index in [2.05, 4.69) is 6.92 Å². The molecular formula is C15H26O2. The maximum atomic E-state index is 9.15. The summed E-state index contributed by atoms with van der Waals surface area (Å²) in [4.78, 5) is 0. The molecule has 0 saturated heterocycles. The molecule has 1 aromatic carbocycles. The number of rotatable bonds is 8. The molecule has 0 fully saturated rings. The SMILES string of the molecule is CCCCCCCCCc1ccc(O)cc1.O. The molecule has 0 spiro atoms. The van der Waals surface area contributed by atoms with Crippen molar-refractivity contribution in [2.45, 2.75) is 58.3 Å². The number of hydrogen-bond donors (Lipinski definition) is 1. The molecule has 0 aliphatic heterocycles. The Bertz CT molecular complexity index is 267. The lowest BCUT2D eigenvalue weighted by molar-refractivity contribution is 0.475. The van der Waals surface area contributed by atoms with Crippen molar-refractivity contribution in [1.82, 2.24) is 0 Å². The molecule has 0 amide bonds. The van der Waals surface area contributed by atoms with Gasteiger partial charge in [-0.2, -0.15) is 0 Å². The summed E-state index contributed by atoms with van der Waals surface area (Å²) in [7, 11) is 0. The third-order valence-electron chi connectivity index (χ3n) is 3.01. The molecule has 0 saturated carbocycles. The zero-order chi connectivity index (χ0) is 11.6. The van der Waals surface area contributed by atoms with E-state index in [1.54, 1.807) is 12.1 Å². The van der Waals surface area contributed by atoms with Crippen molar-refractivity contribution in [3.63, 3.8) is 0 Å². The van der Waals surface area contributed by atoms with E-state index >= 15 is 0 Å². The minimum atomic E-state index is 0. The Balaban J connectivity index is 0.00000256. The molecule has 0 radical (unpaired) electrons. The lowest BCUT2D eigenvalue weighted by Gasteiger charge is -2.02. The van der Waals surface area contributed by atoms with Crippen LogP contribution in [0.4, 0.5) is 0 Å². The molecule has 0 aliphatic rings. The molecule has 0 heterocycles. The van der Waals surface area contributed by atoms with Gasteiger partial charge in [-0.15, -0.1) is 0 Å². The molecule has 0 unspecified atom stereocenters. The summed E-state index contributed by atoms with van der Waals surface area (Å²) in [6.07, 6.45) is 10.6. The summed E-state index contributed by atoms with van der Waals surface area (Å²) >= 11 is 0. The maximum absolute atomic E-state index is 9.15. The van der Waals surface area contributed by atoms with Crippen LogP contribution in [0.15, 0.2) is 24.3 Å². The summed E-state index contributed by atoms with van der Waals surface area (Å²) in [6, 6.07) is 7.59. The molecule has 0 bridgehead atoms. The van der Waals surface area contributed by atoms with Gasteiger partial charge in [0.1, 0.15) is 5.75 Å². The number of phenols is 1. The smallest absolute Gasteiger partial charge is 0.115 e. The topological polar surface area (TPSA) is 51.7 Å². The van der Waals surface area contributed by atoms with Crippen LogP contribution in [0.1, 0.15) is 57.4 Å². The van der Waals surface area contributed by atoms with Crippen molar-refractivity contribution in [3.05, 3.63) is 29.8 Å². The van der Waals surface area contributed by atoms with Gasteiger partial charge in [-0.3, -0.25) is 0 Å². The molecule has 1 aromatic rings. The van der Waals surface area contributed by atoms with E-state index < -0.39 is 0 Å². The standard InChI is InChI=1S/C15H24O.H2O/c1-2-3-4-5-6-7-8-9-14-10-12-15(16)13-11-14;/h10-13,16H,2-9H2,1H3;1H2. The molecule has 0 aromatic heterocycles. The predicted molar refractivity (Wildman–Crippen MR) is 73.4 cm³/mol. The molecule has 17 heavy (non-hydrogen) atoms. The van der Waals surface area contributed by atoms with Crippen LogP contribution in [0.25, 0.3) is 0 Å². The number of aromatic hydroxyl groups is 1. The van der Waals surface area contributed by atoms with Gasteiger partial charge in [-0.05, 0) is 30.5 Å². The summed E-state index contributed by atoms with van der Waals surface area (Å²) in [5, 5.41) is 9.15. The van der Waals surface area contributed by atoms with Gasteiger partial charge in [0.25, 0.3) is 0 Å². The van der Waals surface area contributed by atoms with Crippen LogP contribution < -0.4 is 0 Å². The average molecular weight is 238 g/mol. The van der Waals surface area contributed by atoms with Crippen LogP contribution in [0, 0.1) is 0 Å². The van der Waals surface area contributed by atoms with E-state index in [0.717, 1.165) is 6.42 Å². The lowest BCUT2D eigenvalue weighted by Crippen LogP contribution is -1.85. The maximum Gasteiger partial charge on any atom is 0.115 e. The van der Waals surface area contributed by atoms with Gasteiger partial charge in [0.15, 0.2) is 0 Å². The summed E-state index contributed by atoms with van der Waals surface area (Å²) in [6.45, 7) is 2.25. The first-order chi connectivity index (χ1) is 7.83. The van der Waals surface area contributed by atoms with Crippen molar-refractivity contribution in [3.8, 4) is 5.75 Å². The Morgan fingerprint density at radius 1 is 0.824 bits per heavy atom. The number of unbranched alkanes of at least 4 members (excludes halogenated alkanes) is 6. The normalized spacial score (nSPS) is 9.94. The fourth-order valence-electron chi connectivity index (χ4n) is 1.95. The monoisotopic (exact) mass is 238 g/mol. The number of phenolic OH excluding ortho intramolecular Hbond substituents is 1. The lowest BCUT2D eigenvalue weighted by atomic mass is 10.0.